The van der Waals surface area contributed by atoms with E-state index in [4.69, 9.17) is 0 Å². The minimum Gasteiger partial charge on any atom is -0.303 e. The number of benzene rings is 2. The zero-order valence-corrected chi connectivity index (χ0v) is 9.10. The van der Waals surface area contributed by atoms with Crippen LogP contribution in [0, 0.1) is 0 Å². The first kappa shape index (κ1) is 10.6. The van der Waals surface area contributed by atoms with Crippen molar-refractivity contribution in [1.29, 1.82) is 0 Å². The lowest BCUT2D eigenvalue weighted by Crippen LogP contribution is -1.77. The molecule has 1 heteroatoms. The first-order chi connectivity index (χ1) is 7.92. The molecule has 0 radical (unpaired) electrons. The first-order valence-corrected chi connectivity index (χ1v) is 5.50. The molecule has 0 aliphatic carbocycles. The average Bonchev–Trinajstić information content (AvgIpc) is 2.35. The van der Waals surface area contributed by atoms with Crippen molar-refractivity contribution >= 4 is 23.1 Å². The van der Waals surface area contributed by atoms with Gasteiger partial charge in [0.1, 0.15) is 6.29 Å². The molecule has 0 heterocycles. The van der Waals surface area contributed by atoms with Crippen LogP contribution in [0.3, 0.4) is 0 Å². The number of unbranched alkanes of at least 4 members (excludes halogenated alkanes) is 1. The summed E-state index contributed by atoms with van der Waals surface area (Å²) < 4.78 is 0. The van der Waals surface area contributed by atoms with E-state index in [1.807, 2.05) is 12.1 Å². The Morgan fingerprint density at radius 3 is 2.62 bits per heavy atom. The molecular formula is C15H14O. The van der Waals surface area contributed by atoms with E-state index in [0.717, 1.165) is 12.7 Å². The molecule has 0 atom stereocenters. The number of carbonyl (C=O) groups excluding carboxylic acids is 1. The Morgan fingerprint density at radius 1 is 0.938 bits per heavy atom. The van der Waals surface area contributed by atoms with Gasteiger partial charge in [-0.05, 0) is 22.8 Å². The summed E-state index contributed by atoms with van der Waals surface area (Å²) in [7, 11) is 0. The van der Waals surface area contributed by atoms with E-state index in [1.54, 1.807) is 0 Å². The Bertz CT molecular complexity index is 506. The van der Waals surface area contributed by atoms with Gasteiger partial charge in [0.25, 0.3) is 0 Å². The third-order valence-electron chi connectivity index (χ3n) is 2.57. The molecule has 80 valence electrons. The summed E-state index contributed by atoms with van der Waals surface area (Å²) in [6.45, 7) is 0. The minimum absolute atomic E-state index is 0.598. The molecule has 2 rings (SSSR count). The topological polar surface area (TPSA) is 17.1 Å². The predicted molar refractivity (Wildman–Crippen MR) is 68.3 cm³/mol. The molecule has 0 saturated carbocycles. The zero-order valence-electron chi connectivity index (χ0n) is 9.10. The number of hydrogen-bond acceptors (Lipinski definition) is 1. The Labute approximate surface area is 95.4 Å². The van der Waals surface area contributed by atoms with Crippen LogP contribution in [0.1, 0.15) is 18.4 Å². The van der Waals surface area contributed by atoms with Crippen LogP contribution in [0.4, 0.5) is 0 Å². The minimum atomic E-state index is 0.598. The largest absolute Gasteiger partial charge is 0.303 e. The zero-order chi connectivity index (χ0) is 11.2. The summed E-state index contributed by atoms with van der Waals surface area (Å²) in [6.07, 6.45) is 6.50. The van der Waals surface area contributed by atoms with Gasteiger partial charge in [-0.2, -0.15) is 0 Å². The van der Waals surface area contributed by atoms with Gasteiger partial charge in [-0.1, -0.05) is 54.6 Å². The van der Waals surface area contributed by atoms with Crippen LogP contribution < -0.4 is 0 Å². The highest BCUT2D eigenvalue weighted by Crippen LogP contribution is 2.19. The summed E-state index contributed by atoms with van der Waals surface area (Å²) >= 11 is 0. The van der Waals surface area contributed by atoms with Crippen LogP contribution in [-0.2, 0) is 4.79 Å². The number of allylic oxidation sites excluding steroid dienone is 1. The van der Waals surface area contributed by atoms with Crippen LogP contribution >= 0.6 is 0 Å². The van der Waals surface area contributed by atoms with Crippen molar-refractivity contribution in [3.63, 3.8) is 0 Å². The normalized spacial score (nSPS) is 11.0. The standard InChI is InChI=1S/C15H14O/c16-12-5-1-2-7-13-9-6-10-14-8-3-4-11-15(13)14/h2-4,6-12H,1,5H2. The Kier molecular flexibility index (Phi) is 3.50. The molecule has 2 aromatic carbocycles. The molecule has 2 aromatic rings. The Balaban J connectivity index is 2.30. The fraction of sp³-hybridized carbons (Fsp3) is 0.133. The van der Waals surface area contributed by atoms with Gasteiger partial charge in [0.05, 0.1) is 0 Å². The molecule has 0 bridgehead atoms. The summed E-state index contributed by atoms with van der Waals surface area (Å²) in [5.74, 6) is 0. The van der Waals surface area contributed by atoms with Crippen LogP contribution in [0.25, 0.3) is 16.8 Å². The number of aldehydes is 1. The molecule has 1 nitrogen and oxygen atoms in total. The Hall–Kier alpha value is -1.89. The number of rotatable bonds is 4. The van der Waals surface area contributed by atoms with Gasteiger partial charge in [-0.25, -0.2) is 0 Å². The molecule has 0 aliphatic heterocycles. The van der Waals surface area contributed by atoms with Crippen molar-refractivity contribution in [3.05, 3.63) is 54.1 Å². The second kappa shape index (κ2) is 5.26. The van der Waals surface area contributed by atoms with Gasteiger partial charge >= 0.3 is 0 Å². The van der Waals surface area contributed by atoms with Gasteiger partial charge in [0, 0.05) is 6.42 Å². The fourth-order valence-corrected chi connectivity index (χ4v) is 1.77. The number of carbonyl (C=O) groups is 1. The molecule has 0 aliphatic rings. The lowest BCUT2D eigenvalue weighted by Gasteiger charge is -2.01. The van der Waals surface area contributed by atoms with Crippen molar-refractivity contribution in [1.82, 2.24) is 0 Å². The van der Waals surface area contributed by atoms with E-state index >= 15 is 0 Å². The van der Waals surface area contributed by atoms with Crippen molar-refractivity contribution in [2.24, 2.45) is 0 Å². The highest BCUT2D eigenvalue weighted by atomic mass is 16.1. The smallest absolute Gasteiger partial charge is 0.120 e. The SMILES string of the molecule is O=CCCC=Cc1cccc2ccccc12. The second-order valence-electron chi connectivity index (χ2n) is 3.71. The maximum atomic E-state index is 10.2. The highest BCUT2D eigenvalue weighted by molar-refractivity contribution is 5.90. The van der Waals surface area contributed by atoms with E-state index in [-0.39, 0.29) is 0 Å². The maximum Gasteiger partial charge on any atom is 0.120 e. The quantitative estimate of drug-likeness (QED) is 0.553. The van der Waals surface area contributed by atoms with E-state index in [0.29, 0.717) is 6.42 Å². The van der Waals surface area contributed by atoms with Crippen LogP contribution in [-0.4, -0.2) is 6.29 Å². The Morgan fingerprint density at radius 2 is 1.75 bits per heavy atom. The predicted octanol–water partition coefficient (Wildman–Crippen LogP) is 3.83. The van der Waals surface area contributed by atoms with Crippen molar-refractivity contribution in [2.45, 2.75) is 12.8 Å². The van der Waals surface area contributed by atoms with Gasteiger partial charge in [-0.15, -0.1) is 0 Å². The van der Waals surface area contributed by atoms with Crippen LogP contribution in [0.5, 0.6) is 0 Å². The average molecular weight is 210 g/mol. The van der Waals surface area contributed by atoms with E-state index in [2.05, 4.69) is 42.5 Å². The summed E-state index contributed by atoms with van der Waals surface area (Å²) in [6, 6.07) is 14.6. The van der Waals surface area contributed by atoms with Crippen molar-refractivity contribution in [3.8, 4) is 0 Å². The van der Waals surface area contributed by atoms with E-state index < -0.39 is 0 Å². The van der Waals surface area contributed by atoms with E-state index in [1.165, 1.54) is 16.3 Å². The molecule has 0 spiro atoms. The third kappa shape index (κ3) is 2.37. The van der Waals surface area contributed by atoms with Gasteiger partial charge in [0.2, 0.25) is 0 Å². The second-order valence-corrected chi connectivity index (χ2v) is 3.71. The number of hydrogen-bond donors (Lipinski definition) is 0. The first-order valence-electron chi connectivity index (χ1n) is 5.50. The fourth-order valence-electron chi connectivity index (χ4n) is 1.77. The number of fused-ring (bicyclic) bond motifs is 1. The molecule has 0 unspecified atom stereocenters. The maximum absolute atomic E-state index is 10.2. The van der Waals surface area contributed by atoms with Crippen LogP contribution in [0.15, 0.2) is 48.5 Å². The molecule has 0 saturated heterocycles. The van der Waals surface area contributed by atoms with Gasteiger partial charge in [-0.3, -0.25) is 0 Å². The molecular weight excluding hydrogens is 196 g/mol. The van der Waals surface area contributed by atoms with Gasteiger partial charge < -0.3 is 4.79 Å². The molecule has 0 N–H and O–H groups in total. The molecule has 16 heavy (non-hydrogen) atoms. The molecule has 0 aromatic heterocycles. The summed E-state index contributed by atoms with van der Waals surface area (Å²) in [5, 5.41) is 2.51. The summed E-state index contributed by atoms with van der Waals surface area (Å²) in [4.78, 5) is 10.2. The van der Waals surface area contributed by atoms with Gasteiger partial charge in [0.15, 0.2) is 0 Å². The van der Waals surface area contributed by atoms with Crippen molar-refractivity contribution < 1.29 is 4.79 Å². The third-order valence-corrected chi connectivity index (χ3v) is 2.57. The van der Waals surface area contributed by atoms with E-state index in [9.17, 15) is 4.79 Å². The highest BCUT2D eigenvalue weighted by Gasteiger charge is 1.95. The lowest BCUT2D eigenvalue weighted by atomic mass is 10.0. The van der Waals surface area contributed by atoms with Crippen molar-refractivity contribution in [2.75, 3.05) is 0 Å². The van der Waals surface area contributed by atoms with Crippen LogP contribution in [0.2, 0.25) is 0 Å². The summed E-state index contributed by atoms with van der Waals surface area (Å²) in [5.41, 5.74) is 1.21. The molecule has 0 amide bonds. The molecule has 0 fully saturated rings. The monoisotopic (exact) mass is 210 g/mol. The lowest BCUT2D eigenvalue weighted by molar-refractivity contribution is -0.107.